The van der Waals surface area contributed by atoms with Crippen LogP contribution in [0.3, 0.4) is 0 Å². The molecule has 3 aromatic rings. The summed E-state index contributed by atoms with van der Waals surface area (Å²) in [5.74, 6) is -1.78. The van der Waals surface area contributed by atoms with E-state index < -0.39 is 11.8 Å². The van der Waals surface area contributed by atoms with Crippen molar-refractivity contribution in [1.29, 1.82) is 0 Å². The smallest absolute Gasteiger partial charge is 0.311 e. The number of hydrogen-bond acceptors (Lipinski definition) is 4. The lowest BCUT2D eigenvalue weighted by atomic mass is 9.55. The number of ether oxygens (including phenoxy) is 1. The third kappa shape index (κ3) is 3.25. The van der Waals surface area contributed by atoms with Crippen molar-refractivity contribution in [1.82, 2.24) is 0 Å². The van der Waals surface area contributed by atoms with Crippen molar-refractivity contribution in [3.05, 3.63) is 95.1 Å². The molecule has 35 heavy (non-hydrogen) atoms. The van der Waals surface area contributed by atoms with Gasteiger partial charge in [0.2, 0.25) is 11.8 Å². The van der Waals surface area contributed by atoms with Crippen LogP contribution in [0.25, 0.3) is 0 Å². The topological polar surface area (TPSA) is 63.7 Å². The fraction of sp³-hybridized carbons (Fsp3) is 0.300. The Balaban J connectivity index is 1.40. The van der Waals surface area contributed by atoms with E-state index in [2.05, 4.69) is 31.2 Å². The van der Waals surface area contributed by atoms with Crippen molar-refractivity contribution in [3.63, 3.8) is 0 Å². The first-order valence-electron chi connectivity index (χ1n) is 12.5. The molecule has 2 unspecified atom stereocenters. The Morgan fingerprint density at radius 3 is 1.74 bits per heavy atom. The predicted molar refractivity (Wildman–Crippen MR) is 132 cm³/mol. The minimum Gasteiger partial charge on any atom is -0.424 e. The maximum absolute atomic E-state index is 14.0. The number of carbonyl (C=O) groups is 3. The van der Waals surface area contributed by atoms with E-state index in [0.717, 1.165) is 41.5 Å². The fourth-order valence-corrected chi connectivity index (χ4v) is 6.34. The van der Waals surface area contributed by atoms with Crippen molar-refractivity contribution >= 4 is 23.5 Å². The summed E-state index contributed by atoms with van der Waals surface area (Å²) in [6, 6.07) is 23.3. The zero-order chi connectivity index (χ0) is 24.1. The third-order valence-electron chi connectivity index (χ3n) is 7.76. The molecule has 0 N–H and O–H groups in total. The van der Waals surface area contributed by atoms with Gasteiger partial charge in [-0.1, -0.05) is 80.4 Å². The number of unbranched alkanes of at least 4 members (excludes halogenated alkanes) is 2. The Kier molecular flexibility index (Phi) is 5.28. The molecule has 1 saturated heterocycles. The zero-order valence-corrected chi connectivity index (χ0v) is 19.6. The maximum Gasteiger partial charge on any atom is 0.311 e. The van der Waals surface area contributed by atoms with Gasteiger partial charge in [-0.15, -0.1) is 0 Å². The van der Waals surface area contributed by atoms with E-state index in [9.17, 15) is 14.4 Å². The number of amides is 2. The Bertz CT molecular complexity index is 1230. The normalized spacial score (nSPS) is 23.6. The monoisotopic (exact) mass is 465 g/mol. The van der Waals surface area contributed by atoms with E-state index >= 15 is 0 Å². The molecule has 2 amide bonds. The van der Waals surface area contributed by atoms with Crippen LogP contribution in [-0.4, -0.2) is 17.8 Å². The van der Waals surface area contributed by atoms with E-state index in [0.29, 0.717) is 12.1 Å². The number of imide groups is 1. The quantitative estimate of drug-likeness (QED) is 0.207. The molecule has 1 aliphatic heterocycles. The Labute approximate surface area is 204 Å². The second kappa shape index (κ2) is 8.49. The molecule has 176 valence electrons. The van der Waals surface area contributed by atoms with Gasteiger partial charge in [0, 0.05) is 18.3 Å². The van der Waals surface area contributed by atoms with Gasteiger partial charge >= 0.3 is 5.97 Å². The molecular formula is C30H27NO4. The summed E-state index contributed by atoms with van der Waals surface area (Å²) >= 11 is 0. The van der Waals surface area contributed by atoms with Gasteiger partial charge in [0.1, 0.15) is 0 Å². The predicted octanol–water partition coefficient (Wildman–Crippen LogP) is 5.57. The molecule has 7 rings (SSSR count). The highest BCUT2D eigenvalue weighted by molar-refractivity contribution is 6.24. The molecule has 1 heterocycles. The molecule has 0 radical (unpaired) electrons. The van der Waals surface area contributed by atoms with Crippen LogP contribution in [0.1, 0.15) is 66.7 Å². The van der Waals surface area contributed by atoms with Crippen molar-refractivity contribution in [3.8, 4) is 5.75 Å². The molecule has 2 bridgehead atoms. The van der Waals surface area contributed by atoms with Crippen molar-refractivity contribution in [2.24, 2.45) is 11.8 Å². The number of anilines is 1. The van der Waals surface area contributed by atoms with Gasteiger partial charge in [-0.3, -0.25) is 14.4 Å². The van der Waals surface area contributed by atoms with E-state index in [4.69, 9.17) is 4.74 Å². The Hall–Kier alpha value is -3.73. The molecule has 4 aliphatic rings. The SMILES string of the molecule is CCCCCC(=O)Oc1ccccc1N1C(=O)C2C3c4ccccc4C(c4ccccc43)C2C1=O. The molecular weight excluding hydrogens is 438 g/mol. The highest BCUT2D eigenvalue weighted by atomic mass is 16.5. The first-order valence-corrected chi connectivity index (χ1v) is 12.5. The number of rotatable bonds is 6. The largest absolute Gasteiger partial charge is 0.424 e. The van der Waals surface area contributed by atoms with Crippen molar-refractivity contribution in [2.75, 3.05) is 4.90 Å². The number of hydrogen-bond donors (Lipinski definition) is 0. The maximum atomic E-state index is 14.0. The molecule has 3 aromatic carbocycles. The standard InChI is InChI=1S/C30H27NO4/c1-2-3-4-17-24(32)35-23-16-10-9-15-22(23)31-29(33)27-25-18-11-5-6-12-19(18)26(28(27)30(31)34)21-14-8-7-13-20(21)25/h5-16,25-28H,2-4,17H2,1H3. The van der Waals surface area contributed by atoms with Crippen LogP contribution >= 0.6 is 0 Å². The highest BCUT2D eigenvalue weighted by Gasteiger charge is 2.62. The van der Waals surface area contributed by atoms with Crippen LogP contribution in [0.2, 0.25) is 0 Å². The van der Waals surface area contributed by atoms with E-state index in [1.165, 1.54) is 4.90 Å². The van der Waals surface area contributed by atoms with E-state index in [-0.39, 0.29) is 35.4 Å². The van der Waals surface area contributed by atoms with Crippen LogP contribution in [0.15, 0.2) is 72.8 Å². The summed E-state index contributed by atoms with van der Waals surface area (Å²) in [4.78, 5) is 41.7. The minimum atomic E-state index is -0.467. The number of carbonyl (C=O) groups excluding carboxylic acids is 3. The van der Waals surface area contributed by atoms with Gasteiger partial charge in [0.15, 0.2) is 5.75 Å². The Morgan fingerprint density at radius 2 is 1.23 bits per heavy atom. The van der Waals surface area contributed by atoms with Gasteiger partial charge in [-0.05, 0) is 40.8 Å². The summed E-state index contributed by atoms with van der Waals surface area (Å²) < 4.78 is 5.66. The average Bonchev–Trinajstić information content (AvgIpc) is 3.15. The fourth-order valence-electron chi connectivity index (χ4n) is 6.34. The Morgan fingerprint density at radius 1 is 0.743 bits per heavy atom. The second-order valence-electron chi connectivity index (χ2n) is 9.68. The van der Waals surface area contributed by atoms with Crippen molar-refractivity contribution in [2.45, 2.75) is 44.4 Å². The minimum absolute atomic E-state index is 0.164. The third-order valence-corrected chi connectivity index (χ3v) is 7.76. The molecule has 5 heteroatoms. The number of nitrogens with zero attached hydrogens (tertiary/aromatic N) is 1. The molecule has 0 aromatic heterocycles. The first kappa shape index (κ1) is 21.8. The van der Waals surface area contributed by atoms with Gasteiger partial charge in [0.05, 0.1) is 17.5 Å². The van der Waals surface area contributed by atoms with Gasteiger partial charge in [-0.2, -0.15) is 0 Å². The number of para-hydroxylation sites is 2. The van der Waals surface area contributed by atoms with Crippen LogP contribution in [0.5, 0.6) is 5.75 Å². The molecule has 3 aliphatic carbocycles. The number of benzene rings is 3. The van der Waals surface area contributed by atoms with Crippen LogP contribution < -0.4 is 9.64 Å². The molecule has 1 fully saturated rings. The summed E-state index contributed by atoms with van der Waals surface area (Å²) in [5, 5.41) is 0. The molecule has 5 nitrogen and oxygen atoms in total. The van der Waals surface area contributed by atoms with E-state index in [1.807, 2.05) is 24.3 Å². The number of esters is 1. The van der Waals surface area contributed by atoms with Gasteiger partial charge < -0.3 is 4.74 Å². The lowest BCUT2D eigenvalue weighted by Gasteiger charge is -2.45. The average molecular weight is 466 g/mol. The van der Waals surface area contributed by atoms with Crippen LogP contribution in [-0.2, 0) is 14.4 Å². The molecule has 0 spiro atoms. The summed E-state index contributed by atoms with van der Waals surface area (Å²) in [7, 11) is 0. The summed E-state index contributed by atoms with van der Waals surface area (Å²) in [6.45, 7) is 2.08. The van der Waals surface area contributed by atoms with Crippen molar-refractivity contribution < 1.29 is 19.1 Å². The summed E-state index contributed by atoms with van der Waals surface area (Å²) in [6.07, 6.45) is 3.02. The molecule has 2 atom stereocenters. The zero-order valence-electron chi connectivity index (χ0n) is 19.6. The van der Waals surface area contributed by atoms with Crippen LogP contribution in [0, 0.1) is 11.8 Å². The lowest BCUT2D eigenvalue weighted by molar-refractivity contribution is -0.134. The van der Waals surface area contributed by atoms with Crippen LogP contribution in [0.4, 0.5) is 5.69 Å². The molecule has 0 saturated carbocycles. The van der Waals surface area contributed by atoms with E-state index in [1.54, 1.807) is 24.3 Å². The first-order chi connectivity index (χ1) is 17.1. The van der Waals surface area contributed by atoms with Gasteiger partial charge in [-0.25, -0.2) is 4.90 Å². The lowest BCUT2D eigenvalue weighted by Crippen LogP contribution is -2.41. The highest BCUT2D eigenvalue weighted by Crippen LogP contribution is 2.61. The summed E-state index contributed by atoms with van der Waals surface area (Å²) in [5.41, 5.74) is 4.90. The second-order valence-corrected chi connectivity index (χ2v) is 9.68. The van der Waals surface area contributed by atoms with Gasteiger partial charge in [0.25, 0.3) is 0 Å².